The van der Waals surface area contributed by atoms with Gasteiger partial charge in [0.15, 0.2) is 0 Å². The second kappa shape index (κ2) is 6.42. The van der Waals surface area contributed by atoms with Gasteiger partial charge in [0.2, 0.25) is 0 Å². The molecule has 0 unspecified atom stereocenters. The van der Waals surface area contributed by atoms with E-state index in [0.717, 1.165) is 20.5 Å². The van der Waals surface area contributed by atoms with Crippen LogP contribution in [0.2, 0.25) is 0 Å². The fourth-order valence-electron chi connectivity index (χ4n) is 2.58. The Labute approximate surface area is 148 Å². The number of phenols is 1. The van der Waals surface area contributed by atoms with Crippen LogP contribution in [0.4, 0.5) is 0 Å². The van der Waals surface area contributed by atoms with Gasteiger partial charge in [-0.25, -0.2) is 4.79 Å². The maximum absolute atomic E-state index is 12.2. The van der Waals surface area contributed by atoms with E-state index in [4.69, 9.17) is 4.74 Å². The van der Waals surface area contributed by atoms with Gasteiger partial charge in [-0.3, -0.25) is 0 Å². The number of thiophene rings is 1. The molecule has 1 heterocycles. The molecule has 0 saturated carbocycles. The lowest BCUT2D eigenvalue weighted by atomic mass is 10.1. The summed E-state index contributed by atoms with van der Waals surface area (Å²) < 4.78 is 6.52. The molecular weight excluding hydrogens is 332 g/mol. The average Bonchev–Trinajstić information content (AvgIpc) is 3.06. The van der Waals surface area contributed by atoms with Gasteiger partial charge in [0.1, 0.15) is 11.5 Å². The van der Waals surface area contributed by atoms with Gasteiger partial charge in [0, 0.05) is 9.58 Å². The molecule has 25 heavy (non-hydrogen) atoms. The van der Waals surface area contributed by atoms with Crippen molar-refractivity contribution in [2.45, 2.75) is 0 Å². The second-order valence-electron chi connectivity index (χ2n) is 5.61. The van der Waals surface area contributed by atoms with Crippen molar-refractivity contribution in [3.63, 3.8) is 0 Å². The predicted octanol–water partition coefficient (Wildman–Crippen LogP) is 5.49. The summed E-state index contributed by atoms with van der Waals surface area (Å²) in [5.41, 5.74) is 1.57. The molecule has 1 N–H and O–H groups in total. The van der Waals surface area contributed by atoms with E-state index < -0.39 is 0 Å². The highest BCUT2D eigenvalue weighted by atomic mass is 32.1. The first-order valence-electron chi connectivity index (χ1n) is 7.79. The van der Waals surface area contributed by atoms with Crippen LogP contribution >= 0.6 is 11.3 Å². The molecule has 4 heteroatoms. The molecule has 0 atom stereocenters. The van der Waals surface area contributed by atoms with Gasteiger partial charge in [0.05, 0.1) is 5.56 Å². The molecule has 1 aromatic heterocycles. The molecule has 0 bridgehead atoms. The van der Waals surface area contributed by atoms with Gasteiger partial charge in [0.25, 0.3) is 0 Å². The van der Waals surface area contributed by atoms with Crippen molar-refractivity contribution >= 4 is 27.4 Å². The highest BCUT2D eigenvalue weighted by molar-refractivity contribution is 7.22. The summed E-state index contributed by atoms with van der Waals surface area (Å²) in [6, 6.07) is 23.8. The molecule has 0 amide bonds. The van der Waals surface area contributed by atoms with Gasteiger partial charge < -0.3 is 9.84 Å². The van der Waals surface area contributed by atoms with Crippen LogP contribution < -0.4 is 4.74 Å². The minimum atomic E-state index is -0.365. The van der Waals surface area contributed by atoms with Gasteiger partial charge >= 0.3 is 5.97 Å². The fraction of sp³-hybridized carbons (Fsp3) is 0. The number of ether oxygens (including phenoxy) is 1. The largest absolute Gasteiger partial charge is 0.508 e. The van der Waals surface area contributed by atoms with Crippen LogP contribution in [0.5, 0.6) is 11.5 Å². The van der Waals surface area contributed by atoms with E-state index in [2.05, 4.69) is 6.07 Å². The number of carbonyl (C=O) groups is 1. The van der Waals surface area contributed by atoms with Gasteiger partial charge in [-0.1, -0.05) is 18.2 Å². The lowest BCUT2D eigenvalue weighted by Gasteiger charge is -2.04. The summed E-state index contributed by atoms with van der Waals surface area (Å²) in [5.74, 6) is 0.413. The van der Waals surface area contributed by atoms with Crippen LogP contribution in [0, 0.1) is 0 Å². The zero-order chi connectivity index (χ0) is 17.2. The van der Waals surface area contributed by atoms with Crippen molar-refractivity contribution < 1.29 is 14.6 Å². The molecular formula is C21H14O3S. The number of esters is 1. The van der Waals surface area contributed by atoms with Crippen LogP contribution in [-0.2, 0) is 0 Å². The summed E-state index contributed by atoms with van der Waals surface area (Å²) in [4.78, 5) is 13.3. The normalized spacial score (nSPS) is 10.7. The molecule has 0 saturated heterocycles. The molecule has 4 aromatic rings. The van der Waals surface area contributed by atoms with Crippen molar-refractivity contribution in [2.75, 3.05) is 0 Å². The van der Waals surface area contributed by atoms with Crippen LogP contribution in [0.3, 0.4) is 0 Å². The number of carbonyl (C=O) groups excluding carboxylic acids is 1. The molecule has 0 radical (unpaired) electrons. The minimum absolute atomic E-state index is 0.250. The molecule has 3 nitrogen and oxygen atoms in total. The summed E-state index contributed by atoms with van der Waals surface area (Å²) in [6.45, 7) is 0. The maximum atomic E-state index is 12.2. The maximum Gasteiger partial charge on any atom is 0.343 e. The number of aromatic hydroxyl groups is 1. The third-order valence-corrected chi connectivity index (χ3v) is 5.01. The van der Waals surface area contributed by atoms with Gasteiger partial charge in [-0.15, -0.1) is 11.3 Å². The molecule has 0 spiro atoms. The van der Waals surface area contributed by atoms with E-state index in [-0.39, 0.29) is 11.7 Å². The summed E-state index contributed by atoms with van der Waals surface area (Å²) in [7, 11) is 0. The van der Waals surface area contributed by atoms with Crippen molar-refractivity contribution in [3.8, 4) is 21.9 Å². The molecule has 122 valence electrons. The first-order valence-corrected chi connectivity index (χ1v) is 8.61. The number of benzene rings is 3. The lowest BCUT2D eigenvalue weighted by molar-refractivity contribution is 0.0735. The van der Waals surface area contributed by atoms with Gasteiger partial charge in [-0.2, -0.15) is 0 Å². The zero-order valence-electron chi connectivity index (χ0n) is 13.2. The Balaban J connectivity index is 1.62. The van der Waals surface area contributed by atoms with E-state index in [1.807, 2.05) is 42.5 Å². The fourth-order valence-corrected chi connectivity index (χ4v) is 3.68. The van der Waals surface area contributed by atoms with Crippen molar-refractivity contribution in [2.24, 2.45) is 0 Å². The highest BCUT2D eigenvalue weighted by Crippen LogP contribution is 2.36. The Morgan fingerprint density at radius 3 is 2.40 bits per heavy atom. The summed E-state index contributed by atoms with van der Waals surface area (Å²) >= 11 is 1.62. The molecule has 0 aliphatic heterocycles. The molecule has 0 fully saturated rings. The van der Waals surface area contributed by atoms with E-state index in [0.29, 0.717) is 11.3 Å². The Bertz CT molecular complexity index is 1030. The minimum Gasteiger partial charge on any atom is -0.508 e. The predicted molar refractivity (Wildman–Crippen MR) is 100 cm³/mol. The Morgan fingerprint density at radius 1 is 0.880 bits per heavy atom. The smallest absolute Gasteiger partial charge is 0.343 e. The topological polar surface area (TPSA) is 46.5 Å². The van der Waals surface area contributed by atoms with Crippen LogP contribution in [0.25, 0.3) is 20.5 Å². The quantitative estimate of drug-likeness (QED) is 0.394. The zero-order valence-corrected chi connectivity index (χ0v) is 14.0. The Hall–Kier alpha value is -3.11. The summed E-state index contributed by atoms with van der Waals surface area (Å²) in [5, 5.41) is 10.5. The number of phenolic OH excluding ortho intramolecular Hbond substituents is 1. The average molecular weight is 346 g/mol. The van der Waals surface area contributed by atoms with Crippen LogP contribution in [0.1, 0.15) is 10.4 Å². The second-order valence-corrected chi connectivity index (χ2v) is 6.70. The molecule has 0 aliphatic carbocycles. The monoisotopic (exact) mass is 346 g/mol. The van der Waals surface area contributed by atoms with E-state index in [9.17, 15) is 9.90 Å². The molecule has 4 rings (SSSR count). The number of fused-ring (bicyclic) bond motifs is 1. The van der Waals surface area contributed by atoms with Gasteiger partial charge in [-0.05, 0) is 71.6 Å². The first kappa shape index (κ1) is 15.4. The summed E-state index contributed by atoms with van der Waals surface area (Å²) in [6.07, 6.45) is 0. The molecule has 0 aliphatic rings. The molecule has 3 aromatic carbocycles. The Kier molecular flexibility index (Phi) is 3.96. The van der Waals surface area contributed by atoms with Crippen molar-refractivity contribution in [1.82, 2.24) is 0 Å². The number of hydrogen-bond acceptors (Lipinski definition) is 4. The number of rotatable bonds is 3. The Morgan fingerprint density at radius 2 is 1.64 bits per heavy atom. The van der Waals surface area contributed by atoms with E-state index in [1.165, 1.54) is 0 Å². The highest BCUT2D eigenvalue weighted by Gasteiger charge is 2.10. The SMILES string of the molecule is O=C(Oc1ccc2cc(-c3ccc(O)cc3)sc2c1)c1ccccc1. The third-order valence-electron chi connectivity index (χ3n) is 3.86. The lowest BCUT2D eigenvalue weighted by Crippen LogP contribution is -2.07. The first-order chi connectivity index (χ1) is 12.2. The number of hydrogen-bond donors (Lipinski definition) is 1. The van der Waals surface area contributed by atoms with E-state index in [1.54, 1.807) is 41.7 Å². The van der Waals surface area contributed by atoms with E-state index >= 15 is 0 Å². The van der Waals surface area contributed by atoms with Crippen LogP contribution in [0.15, 0.2) is 78.9 Å². The third kappa shape index (κ3) is 3.25. The standard InChI is InChI=1S/C21H14O3S/c22-17-9-6-14(7-10-17)19-12-16-8-11-18(13-20(16)25-19)24-21(23)15-4-2-1-3-5-15/h1-13,22H. The van der Waals surface area contributed by atoms with Crippen LogP contribution in [-0.4, -0.2) is 11.1 Å². The van der Waals surface area contributed by atoms with Crippen molar-refractivity contribution in [3.05, 3.63) is 84.4 Å². The van der Waals surface area contributed by atoms with Crippen molar-refractivity contribution in [1.29, 1.82) is 0 Å².